The van der Waals surface area contributed by atoms with Crippen LogP contribution in [0.1, 0.15) is 38.7 Å². The van der Waals surface area contributed by atoms with Crippen LogP contribution in [0.4, 0.5) is 0 Å². The number of aromatic nitrogens is 1. The van der Waals surface area contributed by atoms with E-state index < -0.39 is 10.8 Å². The number of pyridine rings is 1. The number of nitrogens with zero attached hydrogens (tertiary/aromatic N) is 1. The van der Waals surface area contributed by atoms with E-state index in [0.29, 0.717) is 23.1 Å². The van der Waals surface area contributed by atoms with E-state index in [4.69, 9.17) is 16.3 Å². The summed E-state index contributed by atoms with van der Waals surface area (Å²) in [6.07, 6.45) is 4.10. The molecule has 20 heavy (non-hydrogen) atoms. The first-order valence-corrected chi connectivity index (χ1v) is 8.18. The topological polar surface area (TPSA) is 39.2 Å². The lowest BCUT2D eigenvalue weighted by atomic mass is 9.98. The maximum atomic E-state index is 12.4. The number of hydrogen-bond acceptors (Lipinski definition) is 3. The molecule has 0 aliphatic heterocycles. The highest BCUT2D eigenvalue weighted by Gasteiger charge is 2.27. The Morgan fingerprint density at radius 1 is 1.55 bits per heavy atom. The van der Waals surface area contributed by atoms with Gasteiger partial charge < -0.3 is 4.74 Å². The number of halogens is 1. The van der Waals surface area contributed by atoms with Crippen molar-refractivity contribution in [2.75, 3.05) is 12.9 Å². The van der Waals surface area contributed by atoms with Crippen molar-refractivity contribution >= 4 is 22.4 Å². The molecule has 0 aliphatic rings. The fourth-order valence-electron chi connectivity index (χ4n) is 1.88. The zero-order chi connectivity index (χ0) is 15.3. The SMILES string of the molecule is C=CC[C@@H](CS(=O)C(C)(C)C)c1c(OC)ccnc1Cl. The molecule has 0 fully saturated rings. The Balaban J connectivity index is 3.15. The summed E-state index contributed by atoms with van der Waals surface area (Å²) in [5.41, 5.74) is 0.814. The van der Waals surface area contributed by atoms with Crippen molar-refractivity contribution in [1.82, 2.24) is 4.98 Å². The predicted molar refractivity (Wildman–Crippen MR) is 86.1 cm³/mol. The normalized spacial score (nSPS) is 14.7. The molecule has 1 rings (SSSR count). The lowest BCUT2D eigenvalue weighted by Gasteiger charge is -2.24. The van der Waals surface area contributed by atoms with Crippen molar-refractivity contribution < 1.29 is 8.95 Å². The van der Waals surface area contributed by atoms with E-state index in [0.717, 1.165) is 5.56 Å². The van der Waals surface area contributed by atoms with E-state index in [1.54, 1.807) is 19.4 Å². The lowest BCUT2D eigenvalue weighted by molar-refractivity contribution is 0.406. The van der Waals surface area contributed by atoms with Gasteiger partial charge in [0.15, 0.2) is 0 Å². The van der Waals surface area contributed by atoms with Crippen molar-refractivity contribution in [2.24, 2.45) is 0 Å². The van der Waals surface area contributed by atoms with Crippen LogP contribution in [0.2, 0.25) is 5.15 Å². The summed E-state index contributed by atoms with van der Waals surface area (Å²) >= 11 is 6.21. The minimum atomic E-state index is -0.978. The number of allylic oxidation sites excluding steroid dienone is 1. The molecule has 1 unspecified atom stereocenters. The van der Waals surface area contributed by atoms with Crippen molar-refractivity contribution in [3.05, 3.63) is 35.6 Å². The van der Waals surface area contributed by atoms with E-state index in [9.17, 15) is 4.21 Å². The molecule has 0 aromatic carbocycles. The second-order valence-electron chi connectivity index (χ2n) is 5.56. The first-order valence-electron chi connectivity index (χ1n) is 6.49. The molecule has 112 valence electrons. The van der Waals surface area contributed by atoms with Gasteiger partial charge in [0.1, 0.15) is 10.9 Å². The van der Waals surface area contributed by atoms with Gasteiger partial charge in [-0.25, -0.2) is 4.98 Å². The molecule has 0 saturated heterocycles. The van der Waals surface area contributed by atoms with Gasteiger partial charge >= 0.3 is 0 Å². The van der Waals surface area contributed by atoms with E-state index in [1.165, 1.54) is 0 Å². The average molecular weight is 316 g/mol. The van der Waals surface area contributed by atoms with Crippen LogP contribution in [0.3, 0.4) is 0 Å². The standard InChI is InChI=1S/C15H22ClNO2S/c1-6-7-11(10-20(18)15(2,3)4)13-12(19-5)8-9-17-14(13)16/h6,8-9,11H,1,7,10H2,2-5H3/t11-,20?/m0/s1. The van der Waals surface area contributed by atoms with E-state index in [2.05, 4.69) is 11.6 Å². The summed E-state index contributed by atoms with van der Waals surface area (Å²) in [7, 11) is 0.620. The van der Waals surface area contributed by atoms with Crippen molar-refractivity contribution in [1.29, 1.82) is 0 Å². The lowest BCUT2D eigenvalue weighted by Crippen LogP contribution is -2.27. The van der Waals surface area contributed by atoms with Gasteiger partial charge in [-0.3, -0.25) is 4.21 Å². The summed E-state index contributed by atoms with van der Waals surface area (Å²) in [4.78, 5) is 4.11. The van der Waals surface area contributed by atoms with Crippen LogP contribution >= 0.6 is 11.6 Å². The molecular formula is C15H22ClNO2S. The molecule has 3 nitrogen and oxygen atoms in total. The molecule has 0 saturated carbocycles. The Morgan fingerprint density at radius 3 is 2.70 bits per heavy atom. The van der Waals surface area contributed by atoms with Crippen LogP contribution < -0.4 is 4.74 Å². The van der Waals surface area contributed by atoms with Gasteiger partial charge in [0, 0.05) is 39.0 Å². The van der Waals surface area contributed by atoms with Crippen LogP contribution in [-0.2, 0) is 10.8 Å². The molecular weight excluding hydrogens is 294 g/mol. The Morgan fingerprint density at radius 2 is 2.20 bits per heavy atom. The zero-order valence-corrected chi connectivity index (χ0v) is 14.1. The highest BCUT2D eigenvalue weighted by molar-refractivity contribution is 7.86. The average Bonchev–Trinajstić information content (AvgIpc) is 2.36. The molecule has 1 aromatic rings. The zero-order valence-electron chi connectivity index (χ0n) is 12.5. The van der Waals surface area contributed by atoms with E-state index in [-0.39, 0.29) is 10.7 Å². The summed E-state index contributed by atoms with van der Waals surface area (Å²) in [6.45, 7) is 9.68. The number of methoxy groups -OCH3 is 1. The number of hydrogen-bond donors (Lipinski definition) is 0. The van der Waals surface area contributed by atoms with Crippen LogP contribution in [0.15, 0.2) is 24.9 Å². The minimum Gasteiger partial charge on any atom is -0.496 e. The smallest absolute Gasteiger partial charge is 0.136 e. The Kier molecular flexibility index (Phi) is 6.21. The Bertz CT molecular complexity index is 497. The van der Waals surface area contributed by atoms with Crippen molar-refractivity contribution in [3.63, 3.8) is 0 Å². The second-order valence-corrected chi connectivity index (χ2v) is 8.17. The fourth-order valence-corrected chi connectivity index (χ4v) is 3.35. The van der Waals surface area contributed by atoms with Gasteiger partial charge in [-0.1, -0.05) is 17.7 Å². The highest BCUT2D eigenvalue weighted by Crippen LogP contribution is 2.35. The van der Waals surface area contributed by atoms with Gasteiger partial charge in [-0.2, -0.15) is 0 Å². The van der Waals surface area contributed by atoms with Gasteiger partial charge in [0.2, 0.25) is 0 Å². The summed E-state index contributed by atoms with van der Waals surface area (Å²) < 4.78 is 17.5. The van der Waals surface area contributed by atoms with Crippen LogP contribution in [0.25, 0.3) is 0 Å². The molecule has 5 heteroatoms. The fraction of sp³-hybridized carbons (Fsp3) is 0.533. The molecule has 0 amide bonds. The van der Waals surface area contributed by atoms with E-state index in [1.807, 2.05) is 26.8 Å². The van der Waals surface area contributed by atoms with Gasteiger partial charge in [-0.05, 0) is 33.3 Å². The molecule has 2 atom stereocenters. The molecule has 0 aliphatic carbocycles. The molecule has 0 N–H and O–H groups in total. The quantitative estimate of drug-likeness (QED) is 0.589. The van der Waals surface area contributed by atoms with Crippen LogP contribution in [-0.4, -0.2) is 26.8 Å². The second kappa shape index (κ2) is 7.23. The Hall–Kier alpha value is -0.870. The highest BCUT2D eigenvalue weighted by atomic mass is 35.5. The summed E-state index contributed by atoms with van der Waals surface area (Å²) in [6, 6.07) is 1.78. The van der Waals surface area contributed by atoms with Crippen LogP contribution in [0, 0.1) is 0 Å². The maximum absolute atomic E-state index is 12.4. The monoisotopic (exact) mass is 315 g/mol. The third-order valence-corrected chi connectivity index (χ3v) is 5.39. The summed E-state index contributed by atoms with van der Waals surface area (Å²) in [5, 5.41) is 0.405. The number of rotatable bonds is 6. The molecule has 0 spiro atoms. The molecule has 0 bridgehead atoms. The Labute approximate surface area is 128 Å². The first-order chi connectivity index (χ1) is 9.31. The van der Waals surface area contributed by atoms with Crippen LogP contribution in [0.5, 0.6) is 5.75 Å². The third kappa shape index (κ3) is 4.32. The minimum absolute atomic E-state index is 0.0105. The predicted octanol–water partition coefficient (Wildman–Crippen LogP) is 3.95. The maximum Gasteiger partial charge on any atom is 0.136 e. The third-order valence-electron chi connectivity index (χ3n) is 3.02. The largest absolute Gasteiger partial charge is 0.496 e. The molecule has 1 heterocycles. The van der Waals surface area contributed by atoms with Gasteiger partial charge in [0.25, 0.3) is 0 Å². The van der Waals surface area contributed by atoms with Gasteiger partial charge in [0.05, 0.1) is 7.11 Å². The number of ether oxygens (including phenoxy) is 1. The molecule has 1 aromatic heterocycles. The van der Waals surface area contributed by atoms with Gasteiger partial charge in [-0.15, -0.1) is 6.58 Å². The van der Waals surface area contributed by atoms with E-state index >= 15 is 0 Å². The van der Waals surface area contributed by atoms with Crippen molar-refractivity contribution in [3.8, 4) is 5.75 Å². The first kappa shape index (κ1) is 17.2. The summed E-state index contributed by atoms with van der Waals surface area (Å²) in [5.74, 6) is 1.18. The van der Waals surface area contributed by atoms with Crippen molar-refractivity contribution in [2.45, 2.75) is 37.9 Å². The molecule has 0 radical (unpaired) electrons.